The van der Waals surface area contributed by atoms with Crippen LogP contribution >= 0.6 is 0 Å². The highest BCUT2D eigenvalue weighted by Gasteiger charge is 1.85. The van der Waals surface area contributed by atoms with E-state index in [4.69, 9.17) is 0 Å². The molecule has 0 bridgehead atoms. The highest BCUT2D eigenvalue weighted by molar-refractivity contribution is 4.86. The van der Waals surface area contributed by atoms with Crippen molar-refractivity contribution in [2.45, 2.75) is 56.4 Å². The van der Waals surface area contributed by atoms with Gasteiger partial charge < -0.3 is 0 Å². The van der Waals surface area contributed by atoms with E-state index in [1.165, 1.54) is 0 Å². The molecule has 0 aromatic rings. The fourth-order valence-electron chi connectivity index (χ4n) is 0.444. The lowest BCUT2D eigenvalue weighted by Crippen LogP contribution is -1.81. The lowest BCUT2D eigenvalue weighted by atomic mass is 10.1. The third-order valence-corrected chi connectivity index (χ3v) is 0.881. The Morgan fingerprint density at radius 1 is 0.667 bits per heavy atom. The van der Waals surface area contributed by atoms with E-state index in [0.29, 0.717) is 11.8 Å². The Labute approximate surface area is 81.1 Å². The minimum atomic E-state index is 0. The van der Waals surface area contributed by atoms with E-state index in [9.17, 15) is 0 Å². The quantitative estimate of drug-likeness (QED) is 0.508. The highest BCUT2D eigenvalue weighted by atomic mass is 13.9. The Bertz CT molecular complexity index is 58.1. The minimum absolute atomic E-state index is 0. The van der Waals surface area contributed by atoms with E-state index >= 15 is 0 Å². The van der Waals surface area contributed by atoms with Crippen LogP contribution in [-0.2, 0) is 0 Å². The van der Waals surface area contributed by atoms with Gasteiger partial charge >= 0.3 is 0 Å². The van der Waals surface area contributed by atoms with Crippen molar-refractivity contribution in [3.05, 3.63) is 12.2 Å². The Balaban J connectivity index is -0.0000000740. The topological polar surface area (TPSA) is 0 Å². The summed E-state index contributed by atoms with van der Waals surface area (Å²) in [5.41, 5.74) is 0. The normalized spacial score (nSPS) is 8.67. The van der Waals surface area contributed by atoms with E-state index in [1.807, 2.05) is 13.8 Å². The van der Waals surface area contributed by atoms with Gasteiger partial charge in [0, 0.05) is 0 Å². The van der Waals surface area contributed by atoms with Gasteiger partial charge in [-0.15, -0.1) is 0 Å². The molecule has 0 atom stereocenters. The van der Waals surface area contributed by atoms with Crippen molar-refractivity contribution in [2.75, 3.05) is 0 Å². The molecule has 78 valence electrons. The minimum Gasteiger partial charge on any atom is -0.0857 e. The van der Waals surface area contributed by atoms with Gasteiger partial charge in [0.15, 0.2) is 0 Å². The van der Waals surface area contributed by atoms with Crippen LogP contribution < -0.4 is 0 Å². The molecule has 0 heterocycles. The van der Waals surface area contributed by atoms with Crippen LogP contribution in [0.5, 0.6) is 0 Å². The van der Waals surface area contributed by atoms with E-state index in [-0.39, 0.29) is 14.9 Å². The molecule has 12 heavy (non-hydrogen) atoms. The van der Waals surface area contributed by atoms with Crippen molar-refractivity contribution < 1.29 is 0 Å². The lowest BCUT2D eigenvalue weighted by Gasteiger charge is -1.95. The van der Waals surface area contributed by atoms with Gasteiger partial charge in [0.1, 0.15) is 0 Å². The van der Waals surface area contributed by atoms with Gasteiger partial charge in [-0.1, -0.05) is 68.5 Å². The summed E-state index contributed by atoms with van der Waals surface area (Å²) in [5.74, 6) is 1.41. The van der Waals surface area contributed by atoms with Gasteiger partial charge in [-0.05, 0) is 11.8 Å². The van der Waals surface area contributed by atoms with Crippen molar-refractivity contribution in [1.82, 2.24) is 0 Å². The van der Waals surface area contributed by atoms with Crippen LogP contribution in [0.2, 0.25) is 0 Å². The fraction of sp³-hybridized carbons (Fsp3) is 0.833. The van der Waals surface area contributed by atoms with E-state index in [2.05, 4.69) is 39.8 Å². The molecule has 0 fully saturated rings. The largest absolute Gasteiger partial charge is 0.0857 e. The van der Waals surface area contributed by atoms with Crippen molar-refractivity contribution in [1.29, 1.82) is 0 Å². The Morgan fingerprint density at radius 2 is 0.833 bits per heavy atom. The van der Waals surface area contributed by atoms with Gasteiger partial charge in [0.2, 0.25) is 0 Å². The molecule has 0 spiro atoms. The predicted molar refractivity (Wildman–Crippen MR) is 63.6 cm³/mol. The van der Waals surface area contributed by atoms with Crippen LogP contribution in [0.25, 0.3) is 0 Å². The molecular weight excluding hydrogens is 144 g/mol. The first kappa shape index (κ1) is 22.6. The molecule has 0 unspecified atom stereocenters. The van der Waals surface area contributed by atoms with Gasteiger partial charge in [-0.3, -0.25) is 0 Å². The zero-order valence-corrected chi connectivity index (χ0v) is 8.31. The molecule has 0 radical (unpaired) electrons. The molecule has 0 heteroatoms. The molecule has 0 rings (SSSR count). The summed E-state index contributed by atoms with van der Waals surface area (Å²) < 4.78 is 0. The summed E-state index contributed by atoms with van der Waals surface area (Å²) in [4.78, 5) is 0. The molecule has 0 amide bonds. The molecular formula is C12H30. The van der Waals surface area contributed by atoms with Crippen LogP contribution in [0.1, 0.15) is 56.4 Å². The monoisotopic (exact) mass is 174 g/mol. The SMILES string of the molecule is C.C.CC.CC(C)/C=C\C(C)C. The fourth-order valence-corrected chi connectivity index (χ4v) is 0.444. The third-order valence-electron chi connectivity index (χ3n) is 0.881. The summed E-state index contributed by atoms with van der Waals surface area (Å²) >= 11 is 0. The second-order valence-electron chi connectivity index (χ2n) is 2.87. The number of hydrogen-bond acceptors (Lipinski definition) is 0. The Kier molecular flexibility index (Phi) is 32.0. The number of rotatable bonds is 2. The standard InChI is InChI=1S/C8H16.C2H6.2CH4/c1-7(2)5-6-8(3)4;1-2;;/h5-8H,1-4H3;1-2H3;2*1H4/b6-5-;;;. The molecule has 0 aromatic heterocycles. The maximum absolute atomic E-state index is 2.24. The van der Waals surface area contributed by atoms with E-state index < -0.39 is 0 Å². The van der Waals surface area contributed by atoms with Crippen molar-refractivity contribution in [3.8, 4) is 0 Å². The van der Waals surface area contributed by atoms with Gasteiger partial charge in [0.05, 0.1) is 0 Å². The van der Waals surface area contributed by atoms with Crippen LogP contribution in [0, 0.1) is 11.8 Å². The number of allylic oxidation sites excluding steroid dienone is 2. The van der Waals surface area contributed by atoms with Crippen molar-refractivity contribution in [3.63, 3.8) is 0 Å². The maximum atomic E-state index is 2.24. The first-order valence-corrected chi connectivity index (χ1v) is 4.31. The molecule has 0 nitrogen and oxygen atoms in total. The summed E-state index contributed by atoms with van der Waals surface area (Å²) in [5, 5.41) is 0. The molecule has 0 aliphatic heterocycles. The highest BCUT2D eigenvalue weighted by Crippen LogP contribution is 1.99. The van der Waals surface area contributed by atoms with Crippen molar-refractivity contribution >= 4 is 0 Å². The second kappa shape index (κ2) is 17.0. The second-order valence-corrected chi connectivity index (χ2v) is 2.87. The average molecular weight is 174 g/mol. The Hall–Kier alpha value is -0.260. The van der Waals surface area contributed by atoms with Crippen molar-refractivity contribution in [2.24, 2.45) is 11.8 Å². The van der Waals surface area contributed by atoms with Gasteiger partial charge in [0.25, 0.3) is 0 Å². The first-order chi connectivity index (χ1) is 4.63. The first-order valence-electron chi connectivity index (χ1n) is 4.31. The zero-order chi connectivity index (χ0) is 8.57. The smallest absolute Gasteiger partial charge is 0.0290 e. The summed E-state index contributed by atoms with van der Waals surface area (Å²) in [7, 11) is 0. The average Bonchev–Trinajstić information content (AvgIpc) is 1.89. The summed E-state index contributed by atoms with van der Waals surface area (Å²) in [6.45, 7) is 12.8. The molecule has 0 aliphatic rings. The molecule has 0 aliphatic carbocycles. The lowest BCUT2D eigenvalue weighted by molar-refractivity contribution is 0.780. The molecule has 0 aromatic carbocycles. The zero-order valence-electron chi connectivity index (χ0n) is 8.31. The molecule has 0 N–H and O–H groups in total. The van der Waals surface area contributed by atoms with E-state index in [0.717, 1.165) is 0 Å². The summed E-state index contributed by atoms with van der Waals surface area (Å²) in [6.07, 6.45) is 4.48. The van der Waals surface area contributed by atoms with Crippen LogP contribution in [-0.4, -0.2) is 0 Å². The predicted octanol–water partition coefficient (Wildman–Crippen LogP) is 5.15. The molecule has 0 saturated heterocycles. The van der Waals surface area contributed by atoms with Crippen LogP contribution in [0.4, 0.5) is 0 Å². The van der Waals surface area contributed by atoms with Crippen LogP contribution in [0.15, 0.2) is 12.2 Å². The number of hydrogen-bond donors (Lipinski definition) is 0. The van der Waals surface area contributed by atoms with Gasteiger partial charge in [-0.2, -0.15) is 0 Å². The molecule has 0 saturated carbocycles. The summed E-state index contributed by atoms with van der Waals surface area (Å²) in [6, 6.07) is 0. The van der Waals surface area contributed by atoms with Crippen LogP contribution in [0.3, 0.4) is 0 Å². The van der Waals surface area contributed by atoms with Gasteiger partial charge in [-0.25, -0.2) is 0 Å². The van der Waals surface area contributed by atoms with E-state index in [1.54, 1.807) is 0 Å². The third kappa shape index (κ3) is 33.1. The maximum Gasteiger partial charge on any atom is -0.0290 e. The Morgan fingerprint density at radius 3 is 0.917 bits per heavy atom.